The number of benzene rings is 2. The number of pyridine rings is 1. The fourth-order valence-electron chi connectivity index (χ4n) is 2.67. The van der Waals surface area contributed by atoms with E-state index in [0.717, 1.165) is 29.6 Å². The van der Waals surface area contributed by atoms with Gasteiger partial charge < -0.3 is 0 Å². The minimum atomic E-state index is -0.0484. The molecule has 3 aromatic rings. The highest BCUT2D eigenvalue weighted by atomic mass is 35.5. The summed E-state index contributed by atoms with van der Waals surface area (Å²) in [5, 5.41) is 2.00. The van der Waals surface area contributed by atoms with E-state index < -0.39 is 0 Å². The largest absolute Gasteiger partial charge is 0.281 e. The number of hydrogen-bond acceptors (Lipinski definition) is 1. The van der Waals surface area contributed by atoms with E-state index in [9.17, 15) is 4.79 Å². The van der Waals surface area contributed by atoms with Crippen molar-refractivity contribution in [2.75, 3.05) is 0 Å². The van der Waals surface area contributed by atoms with E-state index in [2.05, 4.69) is 13.0 Å². The van der Waals surface area contributed by atoms with E-state index in [-0.39, 0.29) is 5.56 Å². The second-order valence-electron chi connectivity index (χ2n) is 5.07. The van der Waals surface area contributed by atoms with Gasteiger partial charge in [0.25, 0.3) is 5.56 Å². The Morgan fingerprint density at radius 1 is 1.05 bits per heavy atom. The van der Waals surface area contributed by atoms with Gasteiger partial charge in [0.05, 0.1) is 10.4 Å². The predicted molar refractivity (Wildman–Crippen MR) is 88.6 cm³/mol. The number of rotatable bonds is 3. The summed E-state index contributed by atoms with van der Waals surface area (Å²) >= 11 is 6.24. The van der Waals surface area contributed by atoms with Crippen molar-refractivity contribution in [3.63, 3.8) is 0 Å². The van der Waals surface area contributed by atoms with E-state index in [4.69, 9.17) is 11.6 Å². The van der Waals surface area contributed by atoms with Gasteiger partial charge in [-0.3, -0.25) is 9.36 Å². The molecule has 0 aliphatic heterocycles. The SMILES string of the molecule is CCCc1cc2cccc(Cl)c2c(=O)n1-c1ccccc1. The maximum absolute atomic E-state index is 12.9. The molecule has 0 unspecified atom stereocenters. The van der Waals surface area contributed by atoms with Crippen LogP contribution in [0.2, 0.25) is 5.02 Å². The fraction of sp³-hybridized carbons (Fsp3) is 0.167. The lowest BCUT2D eigenvalue weighted by Crippen LogP contribution is -2.22. The van der Waals surface area contributed by atoms with Gasteiger partial charge in [0.1, 0.15) is 0 Å². The van der Waals surface area contributed by atoms with Crippen molar-refractivity contribution in [2.45, 2.75) is 19.8 Å². The normalized spacial score (nSPS) is 11.0. The van der Waals surface area contributed by atoms with Gasteiger partial charge in [0.15, 0.2) is 0 Å². The zero-order chi connectivity index (χ0) is 14.8. The molecule has 1 aromatic heterocycles. The zero-order valence-corrected chi connectivity index (χ0v) is 12.6. The Morgan fingerprint density at radius 3 is 2.52 bits per heavy atom. The van der Waals surface area contributed by atoms with Gasteiger partial charge in [-0.2, -0.15) is 0 Å². The minimum absolute atomic E-state index is 0.0484. The predicted octanol–water partition coefficient (Wildman–Crippen LogP) is 4.60. The Bertz CT molecular complexity index is 837. The molecule has 21 heavy (non-hydrogen) atoms. The van der Waals surface area contributed by atoms with Crippen molar-refractivity contribution in [3.05, 3.63) is 75.7 Å². The molecule has 3 rings (SSSR count). The molecule has 0 amide bonds. The Kier molecular flexibility index (Phi) is 3.80. The topological polar surface area (TPSA) is 22.0 Å². The van der Waals surface area contributed by atoms with Crippen molar-refractivity contribution in [1.29, 1.82) is 0 Å². The number of nitrogens with zero attached hydrogens (tertiary/aromatic N) is 1. The smallest absolute Gasteiger partial charge is 0.264 e. The zero-order valence-electron chi connectivity index (χ0n) is 11.8. The van der Waals surface area contributed by atoms with E-state index in [1.807, 2.05) is 42.5 Å². The molecule has 2 nitrogen and oxygen atoms in total. The maximum atomic E-state index is 12.9. The fourth-order valence-corrected chi connectivity index (χ4v) is 2.94. The first-order valence-electron chi connectivity index (χ1n) is 7.11. The molecular weight excluding hydrogens is 282 g/mol. The molecule has 0 bridgehead atoms. The van der Waals surface area contributed by atoms with Crippen LogP contribution in [0.5, 0.6) is 0 Å². The summed E-state index contributed by atoms with van der Waals surface area (Å²) in [6.07, 6.45) is 1.84. The van der Waals surface area contributed by atoms with Crippen LogP contribution < -0.4 is 5.56 Å². The van der Waals surface area contributed by atoms with Gasteiger partial charge in [-0.25, -0.2) is 0 Å². The second-order valence-corrected chi connectivity index (χ2v) is 5.47. The van der Waals surface area contributed by atoms with Crippen molar-refractivity contribution >= 4 is 22.4 Å². The molecule has 0 N–H and O–H groups in total. The second kappa shape index (κ2) is 5.74. The Labute approximate surface area is 128 Å². The number of halogens is 1. The molecule has 0 spiro atoms. The monoisotopic (exact) mass is 297 g/mol. The summed E-state index contributed by atoms with van der Waals surface area (Å²) in [6.45, 7) is 2.11. The number of para-hydroxylation sites is 1. The summed E-state index contributed by atoms with van der Waals surface area (Å²) in [5.74, 6) is 0. The average molecular weight is 298 g/mol. The van der Waals surface area contributed by atoms with Gasteiger partial charge in [0.2, 0.25) is 0 Å². The molecule has 106 valence electrons. The summed E-state index contributed by atoms with van der Waals surface area (Å²) in [5.41, 5.74) is 1.85. The molecule has 3 heteroatoms. The first-order valence-corrected chi connectivity index (χ1v) is 7.48. The van der Waals surface area contributed by atoms with Crippen LogP contribution in [-0.4, -0.2) is 4.57 Å². The first-order chi connectivity index (χ1) is 10.2. The number of aromatic nitrogens is 1. The van der Waals surface area contributed by atoms with Crippen molar-refractivity contribution in [1.82, 2.24) is 4.57 Å². The minimum Gasteiger partial charge on any atom is -0.281 e. The van der Waals surface area contributed by atoms with Crippen LogP contribution >= 0.6 is 11.6 Å². The lowest BCUT2D eigenvalue weighted by molar-refractivity contribution is 0.818. The number of aryl methyl sites for hydroxylation is 1. The van der Waals surface area contributed by atoms with Crippen LogP contribution in [0.3, 0.4) is 0 Å². The van der Waals surface area contributed by atoms with E-state index in [1.165, 1.54) is 0 Å². The molecule has 2 aromatic carbocycles. The van der Waals surface area contributed by atoms with Crippen LogP contribution in [-0.2, 0) is 6.42 Å². The first kappa shape index (κ1) is 13.9. The molecule has 0 saturated heterocycles. The molecule has 1 heterocycles. The van der Waals surface area contributed by atoms with Crippen molar-refractivity contribution in [3.8, 4) is 5.69 Å². The molecule has 0 atom stereocenters. The Balaban J connectivity index is 2.41. The quantitative estimate of drug-likeness (QED) is 0.692. The standard InChI is InChI=1S/C18H16ClNO/c1-2-7-15-12-13-8-6-11-16(19)17(13)18(21)20(15)14-9-4-3-5-10-14/h3-6,8-12H,2,7H2,1H3. The third-order valence-corrected chi connectivity index (χ3v) is 3.91. The van der Waals surface area contributed by atoms with Crippen LogP contribution in [0.15, 0.2) is 59.4 Å². The lowest BCUT2D eigenvalue weighted by Gasteiger charge is -2.14. The third kappa shape index (κ3) is 2.47. The van der Waals surface area contributed by atoms with Gasteiger partial charge in [0, 0.05) is 11.4 Å². The van der Waals surface area contributed by atoms with E-state index in [0.29, 0.717) is 10.4 Å². The van der Waals surface area contributed by atoms with E-state index in [1.54, 1.807) is 10.6 Å². The maximum Gasteiger partial charge on any atom is 0.264 e. The highest BCUT2D eigenvalue weighted by Crippen LogP contribution is 2.23. The van der Waals surface area contributed by atoms with Crippen LogP contribution in [0, 0.1) is 0 Å². The highest BCUT2D eigenvalue weighted by Gasteiger charge is 2.12. The molecular formula is C18H16ClNO. The highest BCUT2D eigenvalue weighted by molar-refractivity contribution is 6.35. The lowest BCUT2D eigenvalue weighted by atomic mass is 10.1. The van der Waals surface area contributed by atoms with Crippen LogP contribution in [0.1, 0.15) is 19.0 Å². The van der Waals surface area contributed by atoms with Gasteiger partial charge in [-0.1, -0.05) is 55.3 Å². The summed E-state index contributed by atoms with van der Waals surface area (Å²) in [7, 11) is 0. The van der Waals surface area contributed by atoms with Crippen molar-refractivity contribution < 1.29 is 0 Å². The Morgan fingerprint density at radius 2 is 1.81 bits per heavy atom. The molecule has 0 aliphatic carbocycles. The van der Waals surface area contributed by atoms with Crippen LogP contribution in [0.25, 0.3) is 16.5 Å². The third-order valence-electron chi connectivity index (χ3n) is 3.59. The molecule has 0 fully saturated rings. The van der Waals surface area contributed by atoms with Gasteiger partial charge in [-0.05, 0) is 36.1 Å². The van der Waals surface area contributed by atoms with Crippen LogP contribution in [0.4, 0.5) is 0 Å². The number of hydrogen-bond donors (Lipinski definition) is 0. The summed E-state index contributed by atoms with van der Waals surface area (Å²) in [4.78, 5) is 12.9. The molecule has 0 aliphatic rings. The van der Waals surface area contributed by atoms with Crippen molar-refractivity contribution in [2.24, 2.45) is 0 Å². The molecule has 0 saturated carbocycles. The Hall–Kier alpha value is -2.06. The summed E-state index contributed by atoms with van der Waals surface area (Å²) < 4.78 is 1.78. The average Bonchev–Trinajstić information content (AvgIpc) is 2.48. The van der Waals surface area contributed by atoms with E-state index >= 15 is 0 Å². The van der Waals surface area contributed by atoms with Gasteiger partial charge in [-0.15, -0.1) is 0 Å². The summed E-state index contributed by atoms with van der Waals surface area (Å²) in [6, 6.07) is 17.4. The molecule has 0 radical (unpaired) electrons. The van der Waals surface area contributed by atoms with Gasteiger partial charge >= 0.3 is 0 Å². The number of fused-ring (bicyclic) bond motifs is 1.